The van der Waals surface area contributed by atoms with Gasteiger partial charge in [0.15, 0.2) is 17.6 Å². The molecule has 32 heavy (non-hydrogen) atoms. The van der Waals surface area contributed by atoms with Crippen LogP contribution < -0.4 is 10.1 Å². The number of fused-ring (bicyclic) bond motifs is 1. The third-order valence-electron chi connectivity index (χ3n) is 4.42. The average molecular weight is 474 g/mol. The molecule has 12 heteroatoms. The molecule has 0 fully saturated rings. The highest BCUT2D eigenvalue weighted by Crippen LogP contribution is 2.26. The van der Waals surface area contributed by atoms with Gasteiger partial charge >= 0.3 is 0 Å². The standard InChI is InChI=1S/C20H17Cl2N7O3/c21-12-5-6-16(24-9-12)28-19(31)15(4-2-8-30)32-20-13-10-27-29(17(13)25-11-26-20)18-14(22)3-1-7-23-18/h1,3,5-7,9-11,15,30H,2,4,8H2,(H,24,28,31)/t15-/m1/s1. The molecule has 4 heterocycles. The van der Waals surface area contributed by atoms with Gasteiger partial charge in [0.05, 0.1) is 16.2 Å². The van der Waals surface area contributed by atoms with Gasteiger partial charge in [0.1, 0.15) is 17.5 Å². The number of aliphatic hydroxyl groups excluding tert-OH is 1. The summed E-state index contributed by atoms with van der Waals surface area (Å²) < 4.78 is 7.40. The summed E-state index contributed by atoms with van der Waals surface area (Å²) in [5.41, 5.74) is 0.413. The van der Waals surface area contributed by atoms with Crippen molar-refractivity contribution in [2.75, 3.05) is 11.9 Å². The number of aromatic nitrogens is 6. The predicted molar refractivity (Wildman–Crippen MR) is 118 cm³/mol. The molecule has 0 radical (unpaired) electrons. The zero-order valence-electron chi connectivity index (χ0n) is 16.5. The first-order valence-electron chi connectivity index (χ1n) is 9.56. The van der Waals surface area contributed by atoms with E-state index in [-0.39, 0.29) is 18.9 Å². The van der Waals surface area contributed by atoms with Crippen LogP contribution in [0.5, 0.6) is 5.88 Å². The summed E-state index contributed by atoms with van der Waals surface area (Å²) in [7, 11) is 0. The van der Waals surface area contributed by atoms with Crippen molar-refractivity contribution < 1.29 is 14.6 Å². The highest BCUT2D eigenvalue weighted by molar-refractivity contribution is 6.32. The number of nitrogens with one attached hydrogen (secondary N) is 1. The SMILES string of the molecule is O=C(Nc1ccc(Cl)cn1)[C@@H](CCCO)Oc1ncnc2c1cnn2-c1ncccc1Cl. The fourth-order valence-electron chi connectivity index (χ4n) is 2.92. The molecule has 0 aliphatic heterocycles. The quantitative estimate of drug-likeness (QED) is 0.399. The van der Waals surface area contributed by atoms with Crippen LogP contribution in [-0.2, 0) is 4.79 Å². The van der Waals surface area contributed by atoms with E-state index in [4.69, 9.17) is 27.9 Å². The van der Waals surface area contributed by atoms with E-state index in [0.29, 0.717) is 39.1 Å². The molecule has 0 aliphatic carbocycles. The van der Waals surface area contributed by atoms with Crippen molar-refractivity contribution in [3.63, 3.8) is 0 Å². The number of pyridine rings is 2. The van der Waals surface area contributed by atoms with Gasteiger partial charge in [-0.05, 0) is 37.1 Å². The van der Waals surface area contributed by atoms with E-state index in [1.54, 1.807) is 30.5 Å². The van der Waals surface area contributed by atoms with Gasteiger partial charge in [-0.15, -0.1) is 0 Å². The second-order valence-corrected chi connectivity index (χ2v) is 7.45. The van der Waals surface area contributed by atoms with Gasteiger partial charge in [-0.1, -0.05) is 23.2 Å². The Labute approximate surface area is 192 Å². The number of nitrogens with zero attached hydrogens (tertiary/aromatic N) is 6. The third-order valence-corrected chi connectivity index (χ3v) is 4.94. The lowest BCUT2D eigenvalue weighted by Crippen LogP contribution is -2.33. The maximum atomic E-state index is 12.8. The van der Waals surface area contributed by atoms with Crippen molar-refractivity contribution in [1.29, 1.82) is 0 Å². The van der Waals surface area contributed by atoms with Crippen molar-refractivity contribution in [1.82, 2.24) is 29.7 Å². The molecule has 0 bridgehead atoms. The van der Waals surface area contributed by atoms with Gasteiger partial charge in [-0.3, -0.25) is 4.79 Å². The van der Waals surface area contributed by atoms with E-state index >= 15 is 0 Å². The van der Waals surface area contributed by atoms with Crippen LogP contribution in [0, 0.1) is 0 Å². The second kappa shape index (κ2) is 9.86. The Morgan fingerprint density at radius 1 is 1.16 bits per heavy atom. The number of halogens is 2. The van der Waals surface area contributed by atoms with Crippen molar-refractivity contribution in [2.24, 2.45) is 0 Å². The number of carbonyl (C=O) groups is 1. The minimum absolute atomic E-state index is 0.0956. The smallest absolute Gasteiger partial charge is 0.266 e. The van der Waals surface area contributed by atoms with E-state index in [0.717, 1.165) is 0 Å². The van der Waals surface area contributed by atoms with E-state index < -0.39 is 12.0 Å². The van der Waals surface area contributed by atoms with Crippen molar-refractivity contribution in [3.05, 3.63) is 59.2 Å². The largest absolute Gasteiger partial charge is 0.464 e. The first-order valence-corrected chi connectivity index (χ1v) is 10.3. The molecule has 4 aromatic heterocycles. The molecular weight excluding hydrogens is 457 g/mol. The fourth-order valence-corrected chi connectivity index (χ4v) is 3.23. The maximum Gasteiger partial charge on any atom is 0.266 e. The number of aliphatic hydroxyl groups is 1. The molecule has 0 spiro atoms. The lowest BCUT2D eigenvalue weighted by Gasteiger charge is -2.18. The molecule has 0 aromatic carbocycles. The van der Waals surface area contributed by atoms with Crippen LogP contribution in [0.1, 0.15) is 12.8 Å². The Balaban J connectivity index is 1.62. The number of amides is 1. The summed E-state index contributed by atoms with van der Waals surface area (Å²) in [5, 5.41) is 17.5. The van der Waals surface area contributed by atoms with Crippen LogP contribution in [0.4, 0.5) is 5.82 Å². The highest BCUT2D eigenvalue weighted by atomic mass is 35.5. The lowest BCUT2D eigenvalue weighted by atomic mass is 10.2. The topological polar surface area (TPSA) is 128 Å². The number of hydrogen-bond acceptors (Lipinski definition) is 8. The molecule has 1 atom stereocenters. The average Bonchev–Trinajstić information content (AvgIpc) is 3.23. The summed E-state index contributed by atoms with van der Waals surface area (Å²) in [6.45, 7) is -0.0956. The Morgan fingerprint density at radius 2 is 2.03 bits per heavy atom. The van der Waals surface area contributed by atoms with Gasteiger partial charge in [-0.25, -0.2) is 19.9 Å². The number of hydrogen-bond donors (Lipinski definition) is 2. The normalized spacial score (nSPS) is 12.0. The Kier molecular flexibility index (Phi) is 6.74. The van der Waals surface area contributed by atoms with Gasteiger partial charge in [-0.2, -0.15) is 9.78 Å². The molecule has 164 valence electrons. The summed E-state index contributed by atoms with van der Waals surface area (Å²) >= 11 is 12.1. The summed E-state index contributed by atoms with van der Waals surface area (Å²) in [4.78, 5) is 29.6. The lowest BCUT2D eigenvalue weighted by molar-refractivity contribution is -0.123. The van der Waals surface area contributed by atoms with Crippen molar-refractivity contribution in [2.45, 2.75) is 18.9 Å². The second-order valence-electron chi connectivity index (χ2n) is 6.60. The Morgan fingerprint density at radius 3 is 2.78 bits per heavy atom. The van der Waals surface area contributed by atoms with Gasteiger partial charge in [0, 0.05) is 19.0 Å². The number of ether oxygens (including phenoxy) is 1. The van der Waals surface area contributed by atoms with E-state index in [2.05, 4.69) is 30.4 Å². The first kappa shape index (κ1) is 21.9. The zero-order valence-corrected chi connectivity index (χ0v) is 18.0. The minimum Gasteiger partial charge on any atom is -0.464 e. The molecule has 0 saturated carbocycles. The molecule has 0 saturated heterocycles. The van der Waals surface area contributed by atoms with Crippen LogP contribution in [0.2, 0.25) is 10.0 Å². The Bertz CT molecular complexity index is 1230. The number of rotatable bonds is 8. The molecule has 1 amide bonds. The third kappa shape index (κ3) is 4.77. The maximum absolute atomic E-state index is 12.8. The van der Waals surface area contributed by atoms with Gasteiger partial charge in [0.25, 0.3) is 5.91 Å². The molecule has 4 rings (SSSR count). The number of carbonyl (C=O) groups excluding carboxylic acids is 1. The van der Waals surface area contributed by atoms with Gasteiger partial charge in [0.2, 0.25) is 5.88 Å². The molecule has 2 N–H and O–H groups in total. The molecule has 4 aromatic rings. The van der Waals surface area contributed by atoms with E-state index in [1.165, 1.54) is 23.4 Å². The fraction of sp³-hybridized carbons (Fsp3) is 0.200. The zero-order chi connectivity index (χ0) is 22.5. The summed E-state index contributed by atoms with van der Waals surface area (Å²) in [6, 6.07) is 6.59. The monoisotopic (exact) mass is 473 g/mol. The van der Waals surface area contributed by atoms with E-state index in [9.17, 15) is 9.90 Å². The minimum atomic E-state index is -0.945. The van der Waals surface area contributed by atoms with Crippen molar-refractivity contribution >= 4 is 46.0 Å². The molecule has 10 nitrogen and oxygen atoms in total. The predicted octanol–water partition coefficient (Wildman–Crippen LogP) is 3.07. The van der Waals surface area contributed by atoms with Crippen LogP contribution in [-0.4, -0.2) is 53.4 Å². The molecular formula is C20H17Cl2N7O3. The summed E-state index contributed by atoms with van der Waals surface area (Å²) in [5.74, 6) is 0.440. The van der Waals surface area contributed by atoms with Crippen LogP contribution >= 0.6 is 23.2 Å². The molecule has 0 aliphatic rings. The van der Waals surface area contributed by atoms with Crippen molar-refractivity contribution in [3.8, 4) is 11.7 Å². The van der Waals surface area contributed by atoms with E-state index in [1.807, 2.05) is 0 Å². The highest BCUT2D eigenvalue weighted by Gasteiger charge is 2.24. The number of anilines is 1. The van der Waals surface area contributed by atoms with Crippen LogP contribution in [0.15, 0.2) is 49.2 Å². The Hall–Kier alpha value is -3.34. The first-order chi connectivity index (χ1) is 15.6. The van der Waals surface area contributed by atoms with Crippen LogP contribution in [0.25, 0.3) is 16.9 Å². The van der Waals surface area contributed by atoms with Crippen LogP contribution in [0.3, 0.4) is 0 Å². The summed E-state index contributed by atoms with van der Waals surface area (Å²) in [6.07, 6.45) is 5.48. The molecule has 0 unspecified atom stereocenters. The van der Waals surface area contributed by atoms with Gasteiger partial charge < -0.3 is 15.2 Å².